The Hall–Kier alpha value is -2.96. The molecule has 0 aliphatic rings. The first-order valence-corrected chi connectivity index (χ1v) is 6.65. The molecule has 0 unspecified atom stereocenters. The second-order valence-corrected chi connectivity index (χ2v) is 4.82. The Morgan fingerprint density at radius 3 is 2.55 bits per heavy atom. The molecule has 0 radical (unpaired) electrons. The molecule has 1 amide bonds. The van der Waals surface area contributed by atoms with Crippen LogP contribution >= 0.6 is 0 Å². The summed E-state index contributed by atoms with van der Waals surface area (Å²) < 4.78 is 1.87. The first-order chi connectivity index (χ1) is 10.5. The molecule has 1 aromatic carbocycles. The van der Waals surface area contributed by atoms with E-state index in [1.807, 2.05) is 29.9 Å². The van der Waals surface area contributed by atoms with E-state index in [9.17, 15) is 14.9 Å². The van der Waals surface area contributed by atoms with Gasteiger partial charge < -0.3 is 4.57 Å². The molecule has 7 nitrogen and oxygen atoms in total. The molecule has 0 saturated heterocycles. The monoisotopic (exact) mass is 300 g/mol. The van der Waals surface area contributed by atoms with E-state index in [0.29, 0.717) is 11.3 Å². The average Bonchev–Trinajstić information content (AvgIpc) is 2.90. The summed E-state index contributed by atoms with van der Waals surface area (Å²) in [4.78, 5) is 22.0. The van der Waals surface area contributed by atoms with Gasteiger partial charge in [0.25, 0.3) is 5.69 Å². The highest BCUT2D eigenvalue weighted by Gasteiger charge is 2.07. The van der Waals surface area contributed by atoms with Crippen molar-refractivity contribution in [3.05, 3.63) is 64.0 Å². The van der Waals surface area contributed by atoms with Gasteiger partial charge in [-0.25, -0.2) is 5.43 Å². The number of carbonyl (C=O) groups excluding carboxylic acids is 1. The molecule has 2 aromatic rings. The number of hydrogen-bond donors (Lipinski definition) is 1. The number of amides is 1. The van der Waals surface area contributed by atoms with E-state index in [4.69, 9.17) is 0 Å². The molecular weight excluding hydrogens is 284 g/mol. The Morgan fingerprint density at radius 2 is 2.00 bits per heavy atom. The van der Waals surface area contributed by atoms with Gasteiger partial charge in [-0.1, -0.05) is 0 Å². The van der Waals surface area contributed by atoms with Crippen molar-refractivity contribution in [3.8, 4) is 0 Å². The Labute approximate surface area is 127 Å². The molecule has 0 bridgehead atoms. The molecule has 0 aliphatic carbocycles. The molecule has 0 fully saturated rings. The molecule has 0 atom stereocenters. The fraction of sp³-hybridized carbons (Fsp3) is 0.200. The predicted octanol–water partition coefficient (Wildman–Crippen LogP) is 2.02. The van der Waals surface area contributed by atoms with Crippen molar-refractivity contribution in [1.29, 1.82) is 0 Å². The predicted molar refractivity (Wildman–Crippen MR) is 82.6 cm³/mol. The highest BCUT2D eigenvalue weighted by molar-refractivity contribution is 5.99. The molecule has 1 heterocycles. The average molecular weight is 300 g/mol. The molecule has 2 rings (SSSR count). The number of aromatic nitrogens is 1. The smallest absolute Gasteiger partial charge is 0.269 e. The minimum absolute atomic E-state index is 0.0179. The highest BCUT2D eigenvalue weighted by Crippen LogP contribution is 2.12. The number of rotatable bonds is 5. The van der Waals surface area contributed by atoms with Crippen LogP contribution in [0.15, 0.2) is 47.7 Å². The largest absolute Gasteiger partial charge is 0.354 e. The van der Waals surface area contributed by atoms with Gasteiger partial charge in [-0.2, -0.15) is 5.10 Å². The molecule has 1 aromatic heterocycles. The third-order valence-corrected chi connectivity index (χ3v) is 3.24. The summed E-state index contributed by atoms with van der Waals surface area (Å²) in [6.07, 6.45) is 2.11. The molecule has 0 spiro atoms. The first-order valence-electron chi connectivity index (χ1n) is 6.65. The number of nitrogens with one attached hydrogen (secondary N) is 1. The Balaban J connectivity index is 1.98. The fourth-order valence-electron chi connectivity index (χ4n) is 1.92. The molecule has 0 saturated carbocycles. The number of nitro benzene ring substituents is 1. The van der Waals surface area contributed by atoms with Gasteiger partial charge in [-0.15, -0.1) is 0 Å². The number of aryl methyl sites for hydroxylation is 1. The summed E-state index contributed by atoms with van der Waals surface area (Å²) in [5.41, 5.74) is 4.68. The molecular formula is C15H16N4O3. The van der Waals surface area contributed by atoms with E-state index < -0.39 is 4.92 Å². The molecule has 7 heteroatoms. The van der Waals surface area contributed by atoms with Crippen LogP contribution in [0.25, 0.3) is 0 Å². The maximum Gasteiger partial charge on any atom is 0.269 e. The van der Waals surface area contributed by atoms with Crippen LogP contribution in [0.4, 0.5) is 5.69 Å². The normalized spacial score (nSPS) is 11.3. The second-order valence-electron chi connectivity index (χ2n) is 4.82. The molecule has 22 heavy (non-hydrogen) atoms. The third kappa shape index (κ3) is 3.78. The second kappa shape index (κ2) is 6.66. The van der Waals surface area contributed by atoms with Gasteiger partial charge in [0.05, 0.1) is 17.1 Å². The number of benzene rings is 1. The lowest BCUT2D eigenvalue weighted by Gasteiger charge is -2.04. The zero-order valence-corrected chi connectivity index (χ0v) is 12.3. The van der Waals surface area contributed by atoms with Crippen molar-refractivity contribution in [2.75, 3.05) is 0 Å². The van der Waals surface area contributed by atoms with Crippen LogP contribution in [0.2, 0.25) is 0 Å². The van der Waals surface area contributed by atoms with Crippen molar-refractivity contribution < 1.29 is 9.72 Å². The third-order valence-electron chi connectivity index (χ3n) is 3.24. The lowest BCUT2D eigenvalue weighted by atomic mass is 10.1. The highest BCUT2D eigenvalue weighted by atomic mass is 16.6. The summed E-state index contributed by atoms with van der Waals surface area (Å²) in [6.45, 7) is 1.73. The fourth-order valence-corrected chi connectivity index (χ4v) is 1.92. The van der Waals surface area contributed by atoms with Crippen LogP contribution in [-0.2, 0) is 18.3 Å². The van der Waals surface area contributed by atoms with E-state index >= 15 is 0 Å². The van der Waals surface area contributed by atoms with E-state index in [0.717, 1.165) is 5.69 Å². The first kappa shape index (κ1) is 15.4. The molecule has 114 valence electrons. The van der Waals surface area contributed by atoms with Gasteiger partial charge in [0, 0.05) is 31.1 Å². The van der Waals surface area contributed by atoms with Crippen molar-refractivity contribution in [2.24, 2.45) is 12.1 Å². The number of hydrogen-bond acceptors (Lipinski definition) is 4. The van der Waals surface area contributed by atoms with Crippen LogP contribution in [0, 0.1) is 10.1 Å². The van der Waals surface area contributed by atoms with Crippen molar-refractivity contribution in [1.82, 2.24) is 9.99 Å². The summed E-state index contributed by atoms with van der Waals surface area (Å²) in [7, 11) is 1.87. The van der Waals surface area contributed by atoms with Gasteiger partial charge in [0.15, 0.2) is 0 Å². The lowest BCUT2D eigenvalue weighted by Crippen LogP contribution is -2.22. The van der Waals surface area contributed by atoms with Crippen molar-refractivity contribution >= 4 is 17.3 Å². The number of non-ortho nitro benzene ring substituents is 1. The van der Waals surface area contributed by atoms with E-state index in [1.165, 1.54) is 12.1 Å². The maximum atomic E-state index is 11.8. The zero-order chi connectivity index (χ0) is 16.1. The van der Waals surface area contributed by atoms with Crippen LogP contribution < -0.4 is 5.43 Å². The minimum Gasteiger partial charge on any atom is -0.354 e. The van der Waals surface area contributed by atoms with E-state index in [1.54, 1.807) is 19.1 Å². The summed E-state index contributed by atoms with van der Waals surface area (Å²) in [5, 5.41) is 14.6. The standard InChI is InChI=1S/C15H16N4O3/c1-11(12-5-7-13(8-6-12)19(21)22)16-17-15(20)10-14-4-3-9-18(14)2/h3-9H,10H2,1-2H3,(H,17,20)/b16-11-. The Morgan fingerprint density at radius 1 is 1.32 bits per heavy atom. The van der Waals surface area contributed by atoms with Crippen molar-refractivity contribution in [2.45, 2.75) is 13.3 Å². The number of nitrogens with zero attached hydrogens (tertiary/aromatic N) is 3. The van der Waals surface area contributed by atoms with Crippen LogP contribution in [0.1, 0.15) is 18.2 Å². The van der Waals surface area contributed by atoms with Gasteiger partial charge in [0.2, 0.25) is 5.91 Å². The number of carbonyl (C=O) groups is 1. The zero-order valence-electron chi connectivity index (χ0n) is 12.3. The van der Waals surface area contributed by atoms with E-state index in [2.05, 4.69) is 10.5 Å². The molecule has 0 aliphatic heterocycles. The SMILES string of the molecule is C/C(=N/NC(=O)Cc1cccn1C)c1ccc([N+](=O)[O-])cc1. The van der Waals surface area contributed by atoms with Gasteiger partial charge in [0.1, 0.15) is 0 Å². The Bertz CT molecular complexity index is 717. The lowest BCUT2D eigenvalue weighted by molar-refractivity contribution is -0.384. The van der Waals surface area contributed by atoms with Gasteiger partial charge in [-0.3, -0.25) is 14.9 Å². The summed E-state index contributed by atoms with van der Waals surface area (Å²) in [5.74, 6) is -0.219. The van der Waals surface area contributed by atoms with Crippen LogP contribution in [-0.4, -0.2) is 21.1 Å². The number of hydrazone groups is 1. The minimum atomic E-state index is -0.460. The van der Waals surface area contributed by atoms with E-state index in [-0.39, 0.29) is 18.0 Å². The molecule has 1 N–H and O–H groups in total. The van der Waals surface area contributed by atoms with Crippen molar-refractivity contribution in [3.63, 3.8) is 0 Å². The van der Waals surface area contributed by atoms with Gasteiger partial charge >= 0.3 is 0 Å². The maximum absolute atomic E-state index is 11.8. The van der Waals surface area contributed by atoms with Crippen LogP contribution in [0.3, 0.4) is 0 Å². The van der Waals surface area contributed by atoms with Gasteiger partial charge in [-0.05, 0) is 36.8 Å². The van der Waals surface area contributed by atoms with Crippen LogP contribution in [0.5, 0.6) is 0 Å². The quantitative estimate of drug-likeness (QED) is 0.520. The topological polar surface area (TPSA) is 89.5 Å². The Kier molecular flexibility index (Phi) is 4.67. The summed E-state index contributed by atoms with van der Waals surface area (Å²) in [6, 6.07) is 9.74. The summed E-state index contributed by atoms with van der Waals surface area (Å²) >= 11 is 0. The number of nitro groups is 1.